The average molecular weight is 918 g/mol. The number of cyclic esters (lactones) is 1. The number of likely N-dealkylation sites (N-methyl/N-ethyl adjacent to an activating group) is 1. The number of hydrogen-bond acceptors (Lipinski definition) is 15. The first kappa shape index (κ1) is 50.3. The highest BCUT2D eigenvalue weighted by molar-refractivity contribution is 6.00. The molecule has 5 heterocycles. The van der Waals surface area contributed by atoms with Gasteiger partial charge in [-0.05, 0) is 91.2 Å². The molecule has 12 atom stereocenters. The number of nitrogens with zero attached hydrogens (tertiary/aromatic N) is 5. The summed E-state index contributed by atoms with van der Waals surface area (Å²) in [6.07, 6.45) is 3.03. The molecule has 1 amide bonds. The number of methoxy groups -OCH3 is 1. The first-order chi connectivity index (χ1) is 31.5. The van der Waals surface area contributed by atoms with Crippen LogP contribution in [-0.4, -0.2) is 147 Å². The van der Waals surface area contributed by atoms with E-state index in [9.17, 15) is 29.1 Å². The number of benzene rings is 1. The normalized spacial score (nSPS) is 32.4. The van der Waals surface area contributed by atoms with Crippen LogP contribution in [0, 0.1) is 17.8 Å². The molecule has 0 saturated carbocycles. The third-order valence-electron chi connectivity index (χ3n) is 13.7. The molecule has 3 aromatic rings. The number of hydrogen-bond donors (Lipinski definition) is 1. The van der Waals surface area contributed by atoms with Gasteiger partial charge in [-0.25, -0.2) is 14.6 Å². The van der Waals surface area contributed by atoms with E-state index < -0.39 is 90.0 Å². The SMILES string of the molecule is CC[C@H]1OC(=O)[C@H](C)C(=O)[C@H](C)[C@@H](OC2O[C@H](C)C[C@H](N(C)C)[C@H]2OC(=O)c2ccccc2)[C@@](C)(OC)C[C@@H](C)C(=O)C[C@H]2N(CCCCn3cnc(-c4cccnc4)c3)C(=O)O[C@]12CO. The van der Waals surface area contributed by atoms with Crippen LogP contribution < -0.4 is 0 Å². The number of aromatic nitrogens is 3. The molecule has 66 heavy (non-hydrogen) atoms. The maximum atomic E-state index is 14.6. The van der Waals surface area contributed by atoms with Crippen LogP contribution in [0.5, 0.6) is 0 Å². The molecule has 3 aliphatic heterocycles. The number of carbonyl (C=O) groups excluding carboxylic acids is 5. The van der Waals surface area contributed by atoms with Crippen molar-refractivity contribution in [3.8, 4) is 11.3 Å². The van der Waals surface area contributed by atoms with E-state index >= 15 is 0 Å². The molecule has 0 bridgehead atoms. The van der Waals surface area contributed by atoms with Crippen LogP contribution in [-0.2, 0) is 49.3 Å². The van der Waals surface area contributed by atoms with Crippen LogP contribution in [0.1, 0.15) is 90.4 Å². The number of esters is 2. The van der Waals surface area contributed by atoms with Gasteiger partial charge in [0.15, 0.2) is 23.8 Å². The summed E-state index contributed by atoms with van der Waals surface area (Å²) >= 11 is 0. The number of amides is 1. The minimum Gasteiger partial charge on any atom is -0.457 e. The molecule has 6 rings (SSSR count). The summed E-state index contributed by atoms with van der Waals surface area (Å²) in [6, 6.07) is 11.0. The molecule has 0 aliphatic carbocycles. The van der Waals surface area contributed by atoms with E-state index in [1.165, 1.54) is 18.9 Å². The Balaban J connectivity index is 1.29. The summed E-state index contributed by atoms with van der Waals surface area (Å²) in [4.78, 5) is 83.0. The molecule has 1 unspecified atom stereocenters. The van der Waals surface area contributed by atoms with Gasteiger partial charge in [-0.1, -0.05) is 39.0 Å². The summed E-state index contributed by atoms with van der Waals surface area (Å²) in [7, 11) is 5.21. The number of unbranched alkanes of at least 4 members (excludes halogenated alkanes) is 1. The number of ether oxygens (including phenoxy) is 6. The van der Waals surface area contributed by atoms with Crippen molar-refractivity contribution in [1.82, 2.24) is 24.3 Å². The van der Waals surface area contributed by atoms with Crippen molar-refractivity contribution >= 4 is 29.6 Å². The summed E-state index contributed by atoms with van der Waals surface area (Å²) < 4.78 is 39.8. The number of aliphatic hydroxyl groups is 1. The lowest BCUT2D eigenvalue weighted by atomic mass is 9.76. The predicted octanol–water partition coefficient (Wildman–Crippen LogP) is 5.52. The second-order valence-electron chi connectivity index (χ2n) is 18.5. The Morgan fingerprint density at radius 2 is 1.74 bits per heavy atom. The molecule has 360 valence electrons. The van der Waals surface area contributed by atoms with Crippen molar-refractivity contribution in [3.05, 3.63) is 72.9 Å². The zero-order valence-electron chi connectivity index (χ0n) is 39.7. The molecule has 3 fully saturated rings. The molecule has 1 aromatic carbocycles. The molecule has 0 spiro atoms. The Kier molecular flexibility index (Phi) is 16.6. The Bertz CT molecular complexity index is 2140. The molecule has 17 heteroatoms. The highest BCUT2D eigenvalue weighted by atomic mass is 16.7. The maximum Gasteiger partial charge on any atom is 0.411 e. The lowest BCUT2D eigenvalue weighted by molar-refractivity contribution is -0.294. The van der Waals surface area contributed by atoms with Crippen LogP contribution >= 0.6 is 0 Å². The average Bonchev–Trinajstić information content (AvgIpc) is 3.90. The number of carbonyl (C=O) groups is 5. The van der Waals surface area contributed by atoms with Crippen molar-refractivity contribution in [2.75, 3.05) is 34.4 Å². The van der Waals surface area contributed by atoms with E-state index in [-0.39, 0.29) is 43.7 Å². The van der Waals surface area contributed by atoms with Crippen molar-refractivity contribution < 1.29 is 57.5 Å². The van der Waals surface area contributed by atoms with Gasteiger partial charge in [0, 0.05) is 62.6 Å². The summed E-state index contributed by atoms with van der Waals surface area (Å²) in [6.45, 7) is 10.2. The molecule has 2 aromatic heterocycles. The number of ketones is 2. The lowest BCUT2D eigenvalue weighted by Gasteiger charge is -2.47. The summed E-state index contributed by atoms with van der Waals surface area (Å²) in [5, 5.41) is 11.2. The third-order valence-corrected chi connectivity index (χ3v) is 13.7. The van der Waals surface area contributed by atoms with Gasteiger partial charge in [0.05, 0.1) is 54.1 Å². The third kappa shape index (κ3) is 10.9. The van der Waals surface area contributed by atoms with Crippen molar-refractivity contribution in [1.29, 1.82) is 0 Å². The molecule has 1 N–H and O–H groups in total. The number of aryl methyl sites for hydroxylation is 1. The molecular weight excluding hydrogens is 851 g/mol. The maximum absolute atomic E-state index is 14.6. The van der Waals surface area contributed by atoms with E-state index in [0.717, 1.165) is 11.3 Å². The van der Waals surface area contributed by atoms with Crippen LogP contribution in [0.2, 0.25) is 0 Å². The Morgan fingerprint density at radius 3 is 2.39 bits per heavy atom. The number of fused-ring (bicyclic) bond motifs is 1. The molecule has 0 radical (unpaired) electrons. The largest absolute Gasteiger partial charge is 0.457 e. The van der Waals surface area contributed by atoms with Gasteiger partial charge < -0.3 is 47.9 Å². The zero-order chi connectivity index (χ0) is 47.9. The second kappa shape index (κ2) is 21.7. The van der Waals surface area contributed by atoms with Crippen molar-refractivity contribution in [2.24, 2.45) is 17.8 Å². The number of rotatable bonds is 14. The van der Waals surface area contributed by atoms with Gasteiger partial charge in [-0.15, -0.1) is 0 Å². The van der Waals surface area contributed by atoms with Gasteiger partial charge >= 0.3 is 18.0 Å². The van der Waals surface area contributed by atoms with Crippen molar-refractivity contribution in [2.45, 2.75) is 141 Å². The quantitative estimate of drug-likeness (QED) is 0.0918. The monoisotopic (exact) mass is 917 g/mol. The van der Waals surface area contributed by atoms with Crippen LogP contribution in [0.3, 0.4) is 0 Å². The second-order valence-corrected chi connectivity index (χ2v) is 18.5. The van der Waals surface area contributed by atoms with Crippen molar-refractivity contribution in [3.63, 3.8) is 0 Å². The van der Waals surface area contributed by atoms with E-state index in [1.807, 2.05) is 48.8 Å². The Labute approximate surface area is 387 Å². The fourth-order valence-electron chi connectivity index (χ4n) is 9.78. The predicted molar refractivity (Wildman–Crippen MR) is 241 cm³/mol. The summed E-state index contributed by atoms with van der Waals surface area (Å²) in [5.74, 6) is -5.46. The molecule has 17 nitrogen and oxygen atoms in total. The lowest BCUT2D eigenvalue weighted by Crippen LogP contribution is -2.61. The standard InChI is InChI=1S/C49H67N5O12/c1-10-40-49(28-55)39(54(47(60)66-49)22-15-14-21-53-27-36(51-29-53)35-19-16-20-50-26-35)24-38(56)30(2)25-48(6,61-9)43(32(4)41(57)33(5)44(58)63-40)65-46-42(37(52(7)8)23-31(3)62-46)64-45(59)34-17-12-11-13-18-34/h11-13,16-20,26-27,29-33,37,39-40,42-43,46,55H,10,14-15,21-25,28H2,1-9H3/t30-,31-,32+,33-,37+,39-,40-,42-,43-,46?,48+,49+/m1/s1. The molecular formula is C49H67N5O12. The number of pyridine rings is 1. The Hall–Kier alpha value is -5.07. The fourth-order valence-corrected chi connectivity index (χ4v) is 9.78. The van der Waals surface area contributed by atoms with E-state index in [1.54, 1.807) is 76.7 Å². The van der Waals surface area contributed by atoms with Gasteiger partial charge in [-0.2, -0.15) is 0 Å². The van der Waals surface area contributed by atoms with Gasteiger partial charge in [0.2, 0.25) is 0 Å². The van der Waals surface area contributed by atoms with Gasteiger partial charge in [0.25, 0.3) is 0 Å². The minimum atomic E-state index is -1.81. The van der Waals surface area contributed by atoms with Gasteiger partial charge in [0.1, 0.15) is 17.8 Å². The molecule has 3 saturated heterocycles. The van der Waals surface area contributed by atoms with Crippen LogP contribution in [0.4, 0.5) is 4.79 Å². The number of Topliss-reactive ketones (excluding diaryl/α,β-unsaturated/α-hetero) is 2. The Morgan fingerprint density at radius 1 is 1.02 bits per heavy atom. The zero-order valence-corrected chi connectivity index (χ0v) is 39.7. The first-order valence-corrected chi connectivity index (χ1v) is 23.0. The summed E-state index contributed by atoms with van der Waals surface area (Å²) in [5.41, 5.74) is -1.18. The minimum absolute atomic E-state index is 0.0358. The number of aliphatic hydroxyl groups excluding tert-OH is 1. The van der Waals surface area contributed by atoms with Crippen LogP contribution in [0.25, 0.3) is 11.3 Å². The topological polar surface area (TPSA) is 198 Å². The van der Waals surface area contributed by atoms with E-state index in [4.69, 9.17) is 28.4 Å². The highest BCUT2D eigenvalue weighted by Gasteiger charge is 2.60. The fraction of sp³-hybridized carbons (Fsp3) is 0.612. The number of imidazole rings is 1. The van der Waals surface area contributed by atoms with Gasteiger partial charge in [-0.3, -0.25) is 19.4 Å². The first-order valence-electron chi connectivity index (χ1n) is 23.0. The highest BCUT2D eigenvalue weighted by Crippen LogP contribution is 2.42. The smallest absolute Gasteiger partial charge is 0.411 e. The molecule has 3 aliphatic rings. The van der Waals surface area contributed by atoms with Crippen LogP contribution in [0.15, 0.2) is 67.4 Å². The van der Waals surface area contributed by atoms with E-state index in [2.05, 4.69) is 9.97 Å². The van der Waals surface area contributed by atoms with E-state index in [0.29, 0.717) is 31.4 Å².